The van der Waals surface area contributed by atoms with Gasteiger partial charge in [-0.15, -0.1) is 0 Å². The number of rotatable bonds is 7. The molecule has 1 aromatic rings. The van der Waals surface area contributed by atoms with Crippen LogP contribution in [0.15, 0.2) is 18.2 Å². The molecule has 0 radical (unpaired) electrons. The van der Waals surface area contributed by atoms with E-state index in [1.165, 1.54) is 12.1 Å². The lowest BCUT2D eigenvalue weighted by atomic mass is 10.1. The van der Waals surface area contributed by atoms with Gasteiger partial charge in [-0.05, 0) is 29.2 Å². The molecule has 4 N–H and O–H groups in total. The number of halogens is 1. The van der Waals surface area contributed by atoms with E-state index < -0.39 is 0 Å². The Labute approximate surface area is 113 Å². The lowest BCUT2D eigenvalue weighted by molar-refractivity contribution is -0.119. The normalized spacial score (nSPS) is 11.3. The Morgan fingerprint density at radius 2 is 2.05 bits per heavy atom. The SMILES string of the molecule is CC(C)CN(CC(N)=O)Cc1ccc(F)cc1CN. The third-order valence-electron chi connectivity index (χ3n) is 2.78. The van der Waals surface area contributed by atoms with Gasteiger partial charge in [0.1, 0.15) is 5.82 Å². The molecule has 0 spiro atoms. The van der Waals surface area contributed by atoms with Crippen LogP contribution in [-0.2, 0) is 17.9 Å². The summed E-state index contributed by atoms with van der Waals surface area (Å²) < 4.78 is 13.1. The van der Waals surface area contributed by atoms with Crippen LogP contribution in [0.25, 0.3) is 0 Å². The van der Waals surface area contributed by atoms with Gasteiger partial charge in [0.15, 0.2) is 0 Å². The van der Waals surface area contributed by atoms with Crippen molar-refractivity contribution in [3.05, 3.63) is 35.1 Å². The molecule has 5 heteroatoms. The second-order valence-corrected chi connectivity index (χ2v) is 5.15. The molecule has 1 aromatic carbocycles. The van der Waals surface area contributed by atoms with E-state index in [-0.39, 0.29) is 24.8 Å². The Kier molecular flexibility index (Phi) is 5.92. The molecular weight excluding hydrogens is 245 g/mol. The highest BCUT2D eigenvalue weighted by molar-refractivity contribution is 5.75. The van der Waals surface area contributed by atoms with Gasteiger partial charge in [-0.25, -0.2) is 4.39 Å². The van der Waals surface area contributed by atoms with Crippen LogP contribution in [0.5, 0.6) is 0 Å². The number of carbonyl (C=O) groups excluding carboxylic acids is 1. The van der Waals surface area contributed by atoms with E-state index in [2.05, 4.69) is 13.8 Å². The minimum Gasteiger partial charge on any atom is -0.369 e. The summed E-state index contributed by atoms with van der Waals surface area (Å²) in [5, 5.41) is 0. The van der Waals surface area contributed by atoms with E-state index in [1.807, 2.05) is 4.90 Å². The van der Waals surface area contributed by atoms with Gasteiger partial charge in [0, 0.05) is 19.6 Å². The largest absolute Gasteiger partial charge is 0.369 e. The maximum absolute atomic E-state index is 13.1. The van der Waals surface area contributed by atoms with Gasteiger partial charge in [0.05, 0.1) is 6.54 Å². The Bertz CT molecular complexity index is 435. The van der Waals surface area contributed by atoms with E-state index in [0.717, 1.165) is 17.7 Å². The molecule has 1 rings (SSSR count). The van der Waals surface area contributed by atoms with Gasteiger partial charge in [0.25, 0.3) is 0 Å². The van der Waals surface area contributed by atoms with Crippen LogP contribution in [0.1, 0.15) is 25.0 Å². The molecule has 0 fully saturated rings. The molecular formula is C14H22FN3O. The third kappa shape index (κ3) is 5.36. The molecule has 0 atom stereocenters. The van der Waals surface area contributed by atoms with Gasteiger partial charge < -0.3 is 11.5 Å². The number of hydrogen-bond acceptors (Lipinski definition) is 3. The molecule has 0 saturated heterocycles. The van der Waals surface area contributed by atoms with Crippen LogP contribution >= 0.6 is 0 Å². The molecule has 0 bridgehead atoms. The first-order valence-corrected chi connectivity index (χ1v) is 6.40. The minimum atomic E-state index is -0.364. The molecule has 0 saturated carbocycles. The molecule has 0 aliphatic heterocycles. The Morgan fingerprint density at radius 3 is 2.58 bits per heavy atom. The highest BCUT2D eigenvalue weighted by Crippen LogP contribution is 2.14. The lowest BCUT2D eigenvalue weighted by Gasteiger charge is -2.24. The monoisotopic (exact) mass is 267 g/mol. The fourth-order valence-corrected chi connectivity index (χ4v) is 2.10. The predicted molar refractivity (Wildman–Crippen MR) is 73.6 cm³/mol. The van der Waals surface area contributed by atoms with Crippen molar-refractivity contribution in [2.75, 3.05) is 13.1 Å². The molecule has 19 heavy (non-hydrogen) atoms. The number of amides is 1. The molecule has 1 amide bonds. The number of nitrogens with zero attached hydrogens (tertiary/aromatic N) is 1. The van der Waals surface area contributed by atoms with Crippen LogP contribution in [0.3, 0.4) is 0 Å². The summed E-state index contributed by atoms with van der Waals surface area (Å²) in [7, 11) is 0. The first-order chi connectivity index (χ1) is 8.92. The maximum atomic E-state index is 13.1. The molecule has 0 heterocycles. The van der Waals surface area contributed by atoms with Crippen molar-refractivity contribution in [1.29, 1.82) is 0 Å². The zero-order valence-electron chi connectivity index (χ0n) is 11.5. The number of hydrogen-bond donors (Lipinski definition) is 2. The first kappa shape index (κ1) is 15.6. The van der Waals surface area contributed by atoms with Crippen LogP contribution in [0.4, 0.5) is 4.39 Å². The summed E-state index contributed by atoms with van der Waals surface area (Å²) in [5.41, 5.74) is 12.6. The number of nitrogens with two attached hydrogens (primary N) is 2. The highest BCUT2D eigenvalue weighted by Gasteiger charge is 2.13. The number of primary amides is 1. The van der Waals surface area contributed by atoms with Crippen LogP contribution in [-0.4, -0.2) is 23.9 Å². The topological polar surface area (TPSA) is 72.3 Å². The van der Waals surface area contributed by atoms with Crippen molar-refractivity contribution in [2.24, 2.45) is 17.4 Å². The quantitative estimate of drug-likeness (QED) is 0.780. The van der Waals surface area contributed by atoms with E-state index in [1.54, 1.807) is 6.07 Å². The van der Waals surface area contributed by atoms with Crippen molar-refractivity contribution < 1.29 is 9.18 Å². The summed E-state index contributed by atoms with van der Waals surface area (Å²) in [4.78, 5) is 13.0. The summed E-state index contributed by atoms with van der Waals surface area (Å²) in [5.74, 6) is -0.243. The molecule has 4 nitrogen and oxygen atoms in total. The minimum absolute atomic E-state index is 0.194. The highest BCUT2D eigenvalue weighted by atomic mass is 19.1. The molecule has 0 aromatic heterocycles. The Hall–Kier alpha value is -1.46. The summed E-state index contributed by atoms with van der Waals surface area (Å²) in [6.45, 7) is 5.92. The van der Waals surface area contributed by atoms with E-state index in [0.29, 0.717) is 12.5 Å². The lowest BCUT2D eigenvalue weighted by Crippen LogP contribution is -2.36. The first-order valence-electron chi connectivity index (χ1n) is 6.40. The molecule has 0 aliphatic carbocycles. The molecule has 106 valence electrons. The predicted octanol–water partition coefficient (Wildman–Crippen LogP) is 1.23. The average Bonchev–Trinajstić information content (AvgIpc) is 2.29. The van der Waals surface area contributed by atoms with Crippen LogP contribution in [0, 0.1) is 11.7 Å². The summed E-state index contributed by atoms with van der Waals surface area (Å²) in [6.07, 6.45) is 0. The molecule has 0 unspecified atom stereocenters. The number of carbonyl (C=O) groups is 1. The van der Waals surface area contributed by atoms with Crippen LogP contribution in [0.2, 0.25) is 0 Å². The van der Waals surface area contributed by atoms with Crippen molar-refractivity contribution in [2.45, 2.75) is 26.9 Å². The van der Waals surface area contributed by atoms with Crippen LogP contribution < -0.4 is 11.5 Å². The number of benzene rings is 1. The summed E-state index contributed by atoms with van der Waals surface area (Å²) >= 11 is 0. The van der Waals surface area contributed by atoms with Gasteiger partial charge >= 0.3 is 0 Å². The summed E-state index contributed by atoms with van der Waals surface area (Å²) in [6, 6.07) is 4.56. The van der Waals surface area contributed by atoms with Crippen molar-refractivity contribution >= 4 is 5.91 Å². The zero-order valence-corrected chi connectivity index (χ0v) is 11.5. The van der Waals surface area contributed by atoms with Gasteiger partial charge in [0.2, 0.25) is 5.91 Å². The fraction of sp³-hybridized carbons (Fsp3) is 0.500. The zero-order chi connectivity index (χ0) is 14.4. The average molecular weight is 267 g/mol. The standard InChI is InChI=1S/C14H22FN3O/c1-10(2)7-18(9-14(17)19)8-11-3-4-13(15)5-12(11)6-16/h3-5,10H,6-9,16H2,1-2H3,(H2,17,19). The second kappa shape index (κ2) is 7.21. The smallest absolute Gasteiger partial charge is 0.231 e. The second-order valence-electron chi connectivity index (χ2n) is 5.15. The fourth-order valence-electron chi connectivity index (χ4n) is 2.10. The van der Waals surface area contributed by atoms with E-state index in [4.69, 9.17) is 11.5 Å². The Balaban J connectivity index is 2.85. The van der Waals surface area contributed by atoms with Crippen molar-refractivity contribution in [3.63, 3.8) is 0 Å². The van der Waals surface area contributed by atoms with Gasteiger partial charge in [-0.3, -0.25) is 9.69 Å². The van der Waals surface area contributed by atoms with Crippen molar-refractivity contribution in [1.82, 2.24) is 4.90 Å². The maximum Gasteiger partial charge on any atom is 0.231 e. The van der Waals surface area contributed by atoms with Gasteiger partial charge in [-0.2, -0.15) is 0 Å². The van der Waals surface area contributed by atoms with E-state index in [9.17, 15) is 9.18 Å². The van der Waals surface area contributed by atoms with Crippen molar-refractivity contribution in [3.8, 4) is 0 Å². The van der Waals surface area contributed by atoms with E-state index >= 15 is 0 Å². The Morgan fingerprint density at radius 1 is 1.37 bits per heavy atom. The molecule has 0 aliphatic rings. The van der Waals surface area contributed by atoms with Gasteiger partial charge in [-0.1, -0.05) is 19.9 Å². The third-order valence-corrected chi connectivity index (χ3v) is 2.78.